The van der Waals surface area contributed by atoms with E-state index in [4.69, 9.17) is 4.74 Å². The molecule has 0 aliphatic carbocycles. The molecule has 0 fully saturated rings. The van der Waals surface area contributed by atoms with Crippen LogP contribution in [0.3, 0.4) is 0 Å². The van der Waals surface area contributed by atoms with Crippen molar-refractivity contribution in [3.8, 4) is 5.75 Å². The summed E-state index contributed by atoms with van der Waals surface area (Å²) in [6.45, 7) is 13.1. The van der Waals surface area contributed by atoms with Gasteiger partial charge in [-0.25, -0.2) is 0 Å². The molecule has 2 rings (SSSR count). The van der Waals surface area contributed by atoms with E-state index in [1.165, 1.54) is 5.56 Å². The monoisotopic (exact) mass is 367 g/mol. The summed E-state index contributed by atoms with van der Waals surface area (Å²) < 4.78 is 5.82. The second kappa shape index (κ2) is 9.59. The van der Waals surface area contributed by atoms with E-state index >= 15 is 0 Å². The fourth-order valence-electron chi connectivity index (χ4n) is 3.09. The summed E-state index contributed by atoms with van der Waals surface area (Å²) in [5, 5.41) is 3.17. The second-order valence-corrected chi connectivity index (χ2v) is 7.98. The van der Waals surface area contributed by atoms with Crippen molar-refractivity contribution in [2.24, 2.45) is 5.92 Å². The molecule has 0 aromatic heterocycles. The van der Waals surface area contributed by atoms with E-state index in [0.29, 0.717) is 24.9 Å². The number of benzene rings is 2. The molecular formula is C24H33NO2. The van der Waals surface area contributed by atoms with E-state index in [1.54, 1.807) is 0 Å². The molecule has 1 atom stereocenters. The van der Waals surface area contributed by atoms with Crippen LogP contribution in [0.15, 0.2) is 42.5 Å². The van der Waals surface area contributed by atoms with Crippen LogP contribution < -0.4 is 10.1 Å². The molecule has 3 nitrogen and oxygen atoms in total. The normalized spacial score (nSPS) is 12.3. The molecule has 1 N–H and O–H groups in total. The van der Waals surface area contributed by atoms with Gasteiger partial charge in [-0.3, -0.25) is 4.79 Å². The van der Waals surface area contributed by atoms with Gasteiger partial charge in [-0.1, -0.05) is 64.1 Å². The van der Waals surface area contributed by atoms with E-state index in [-0.39, 0.29) is 11.9 Å². The third-order valence-electron chi connectivity index (χ3n) is 4.88. The van der Waals surface area contributed by atoms with Gasteiger partial charge in [0.2, 0.25) is 5.91 Å². The van der Waals surface area contributed by atoms with Gasteiger partial charge in [-0.05, 0) is 54.0 Å². The smallest absolute Gasteiger partial charge is 0.223 e. The maximum absolute atomic E-state index is 12.5. The van der Waals surface area contributed by atoms with E-state index < -0.39 is 0 Å². The SMILES string of the molecule is Cc1ccc(C)c(OCCC(=O)N[C@@H](c2ccc(C(C)C)cc2)C(C)C)c1. The average Bonchev–Trinajstić information content (AvgIpc) is 2.62. The Morgan fingerprint density at radius 3 is 2.19 bits per heavy atom. The summed E-state index contributed by atoms with van der Waals surface area (Å²) in [4.78, 5) is 12.5. The summed E-state index contributed by atoms with van der Waals surface area (Å²) in [6.07, 6.45) is 0.348. The molecule has 0 saturated heterocycles. The zero-order valence-electron chi connectivity index (χ0n) is 17.5. The zero-order valence-corrected chi connectivity index (χ0v) is 17.5. The van der Waals surface area contributed by atoms with Crippen molar-refractivity contribution in [1.82, 2.24) is 5.32 Å². The van der Waals surface area contributed by atoms with E-state index in [0.717, 1.165) is 22.4 Å². The molecule has 0 aliphatic rings. The molecule has 0 unspecified atom stereocenters. The Morgan fingerprint density at radius 1 is 0.963 bits per heavy atom. The summed E-state index contributed by atoms with van der Waals surface area (Å²) in [5.41, 5.74) is 4.71. The lowest BCUT2D eigenvalue weighted by Gasteiger charge is -2.23. The van der Waals surface area contributed by atoms with Crippen LogP contribution in [0.5, 0.6) is 5.75 Å². The first-order chi connectivity index (χ1) is 12.8. The van der Waals surface area contributed by atoms with Gasteiger partial charge in [0, 0.05) is 0 Å². The van der Waals surface area contributed by atoms with Crippen molar-refractivity contribution >= 4 is 5.91 Å². The first kappa shape index (κ1) is 21.0. The number of amides is 1. The van der Waals surface area contributed by atoms with Crippen molar-refractivity contribution in [3.05, 3.63) is 64.7 Å². The van der Waals surface area contributed by atoms with Crippen LogP contribution in [0.4, 0.5) is 0 Å². The number of carbonyl (C=O) groups is 1. The van der Waals surface area contributed by atoms with E-state index in [9.17, 15) is 4.79 Å². The highest BCUT2D eigenvalue weighted by atomic mass is 16.5. The number of carbonyl (C=O) groups excluding carboxylic acids is 1. The van der Waals surface area contributed by atoms with Crippen LogP contribution in [-0.2, 0) is 4.79 Å². The van der Waals surface area contributed by atoms with Crippen LogP contribution in [0, 0.1) is 19.8 Å². The minimum absolute atomic E-state index is 0.0134. The van der Waals surface area contributed by atoms with E-state index in [1.807, 2.05) is 26.0 Å². The zero-order chi connectivity index (χ0) is 20.0. The van der Waals surface area contributed by atoms with Gasteiger partial charge >= 0.3 is 0 Å². The molecule has 0 heterocycles. The molecule has 27 heavy (non-hydrogen) atoms. The lowest BCUT2D eigenvalue weighted by atomic mass is 9.93. The molecule has 146 valence electrons. The van der Waals surface area contributed by atoms with Crippen molar-refractivity contribution in [2.75, 3.05) is 6.61 Å². The van der Waals surface area contributed by atoms with Crippen LogP contribution in [0.2, 0.25) is 0 Å². The Hall–Kier alpha value is -2.29. The number of hydrogen-bond acceptors (Lipinski definition) is 2. The minimum Gasteiger partial charge on any atom is -0.493 e. The van der Waals surface area contributed by atoms with Gasteiger partial charge in [0.15, 0.2) is 0 Å². The van der Waals surface area contributed by atoms with Gasteiger partial charge in [-0.2, -0.15) is 0 Å². The predicted octanol–water partition coefficient (Wildman–Crippen LogP) is 5.71. The average molecular weight is 368 g/mol. The molecular weight excluding hydrogens is 334 g/mol. The summed E-state index contributed by atoms with van der Waals surface area (Å²) in [6, 6.07) is 14.7. The fraction of sp³-hybridized carbons (Fsp3) is 0.458. The molecule has 2 aromatic rings. The number of nitrogens with one attached hydrogen (secondary N) is 1. The first-order valence-electron chi connectivity index (χ1n) is 9.87. The Kier molecular flexibility index (Phi) is 7.46. The highest BCUT2D eigenvalue weighted by Crippen LogP contribution is 2.24. The Bertz CT molecular complexity index is 747. The molecule has 0 saturated carbocycles. The van der Waals surface area contributed by atoms with Crippen LogP contribution >= 0.6 is 0 Å². The fourth-order valence-corrected chi connectivity index (χ4v) is 3.09. The molecule has 3 heteroatoms. The second-order valence-electron chi connectivity index (χ2n) is 7.98. The Balaban J connectivity index is 1.93. The first-order valence-corrected chi connectivity index (χ1v) is 9.87. The summed E-state index contributed by atoms with van der Waals surface area (Å²) in [7, 11) is 0. The molecule has 0 radical (unpaired) electrons. The highest BCUT2D eigenvalue weighted by molar-refractivity contribution is 5.76. The number of rotatable bonds is 8. The predicted molar refractivity (Wildman–Crippen MR) is 112 cm³/mol. The van der Waals surface area contributed by atoms with Crippen molar-refractivity contribution in [3.63, 3.8) is 0 Å². The van der Waals surface area contributed by atoms with Crippen molar-refractivity contribution in [2.45, 2.75) is 59.9 Å². The molecule has 0 aliphatic heterocycles. The van der Waals surface area contributed by atoms with Crippen molar-refractivity contribution < 1.29 is 9.53 Å². The third-order valence-corrected chi connectivity index (χ3v) is 4.88. The number of aryl methyl sites for hydroxylation is 2. The standard InChI is InChI=1S/C24H33NO2/c1-16(2)20-9-11-21(12-10-20)24(17(3)4)25-23(26)13-14-27-22-15-18(5)7-8-19(22)6/h7-12,15-17,24H,13-14H2,1-6H3,(H,25,26)/t24-/m1/s1. The Morgan fingerprint density at radius 2 is 1.59 bits per heavy atom. The Labute approximate surface area is 164 Å². The quantitative estimate of drug-likeness (QED) is 0.649. The molecule has 1 amide bonds. The highest BCUT2D eigenvalue weighted by Gasteiger charge is 2.18. The van der Waals surface area contributed by atoms with Crippen LogP contribution in [-0.4, -0.2) is 12.5 Å². The minimum atomic E-state index is 0.0134. The number of ether oxygens (including phenoxy) is 1. The topological polar surface area (TPSA) is 38.3 Å². The van der Waals surface area contributed by atoms with E-state index in [2.05, 4.69) is 63.3 Å². The van der Waals surface area contributed by atoms with Gasteiger partial charge in [-0.15, -0.1) is 0 Å². The number of hydrogen-bond donors (Lipinski definition) is 1. The summed E-state index contributed by atoms with van der Waals surface area (Å²) in [5.74, 6) is 1.70. The van der Waals surface area contributed by atoms with Gasteiger partial charge in [0.1, 0.15) is 5.75 Å². The lowest BCUT2D eigenvalue weighted by molar-refractivity contribution is -0.122. The van der Waals surface area contributed by atoms with Gasteiger partial charge in [0.25, 0.3) is 0 Å². The lowest BCUT2D eigenvalue weighted by Crippen LogP contribution is -2.32. The van der Waals surface area contributed by atoms with Crippen LogP contribution in [0.1, 0.15) is 68.3 Å². The molecule has 0 spiro atoms. The summed E-state index contributed by atoms with van der Waals surface area (Å²) >= 11 is 0. The molecule has 2 aromatic carbocycles. The van der Waals surface area contributed by atoms with Crippen molar-refractivity contribution in [1.29, 1.82) is 0 Å². The van der Waals surface area contributed by atoms with Gasteiger partial charge in [0.05, 0.1) is 19.1 Å². The maximum atomic E-state index is 12.5. The third kappa shape index (κ3) is 6.13. The molecule has 0 bridgehead atoms. The van der Waals surface area contributed by atoms with Gasteiger partial charge < -0.3 is 10.1 Å². The largest absolute Gasteiger partial charge is 0.493 e. The van der Waals surface area contributed by atoms with Crippen LogP contribution in [0.25, 0.3) is 0 Å². The maximum Gasteiger partial charge on any atom is 0.223 e.